The van der Waals surface area contributed by atoms with E-state index in [9.17, 15) is 14.0 Å². The summed E-state index contributed by atoms with van der Waals surface area (Å²) in [5.41, 5.74) is 5.04. The zero-order chi connectivity index (χ0) is 14.4. The molecule has 104 valence electrons. The van der Waals surface area contributed by atoms with Gasteiger partial charge in [-0.15, -0.1) is 0 Å². The molecule has 7 heteroatoms. The molecule has 0 saturated carbocycles. The Labute approximate surface area is 109 Å². The fourth-order valence-electron chi connectivity index (χ4n) is 1.58. The number of nitrogens with one attached hydrogen (secondary N) is 1. The maximum atomic E-state index is 13.5. The smallest absolute Gasteiger partial charge is 0.306 e. The van der Waals surface area contributed by atoms with Crippen molar-refractivity contribution in [2.45, 2.75) is 12.5 Å². The minimum absolute atomic E-state index is 0.118. The highest BCUT2D eigenvalue weighted by Crippen LogP contribution is 2.18. The Morgan fingerprint density at radius 2 is 2.21 bits per heavy atom. The number of aliphatic carboxylic acids is 1. The first-order valence-electron chi connectivity index (χ1n) is 5.52. The fraction of sp³-hybridized carbons (Fsp3) is 0.333. The summed E-state index contributed by atoms with van der Waals surface area (Å²) in [6.45, 7) is 0.118. The maximum Gasteiger partial charge on any atom is 0.306 e. The third-order valence-electron chi connectivity index (χ3n) is 2.52. The molecule has 0 aliphatic heterocycles. The number of rotatable bonds is 7. The summed E-state index contributed by atoms with van der Waals surface area (Å²) in [6.07, 6.45) is -0.799. The largest absolute Gasteiger partial charge is 0.481 e. The Kier molecular flexibility index (Phi) is 5.25. The molecule has 0 aliphatic carbocycles. The van der Waals surface area contributed by atoms with Crippen LogP contribution in [0.5, 0.6) is 0 Å². The lowest BCUT2D eigenvalue weighted by Gasteiger charge is -2.16. The van der Waals surface area contributed by atoms with Gasteiger partial charge in [-0.05, 0) is 12.1 Å². The number of benzene rings is 1. The van der Waals surface area contributed by atoms with E-state index in [4.69, 9.17) is 15.6 Å². The number of hydrogen-bond acceptors (Lipinski definition) is 4. The monoisotopic (exact) mass is 270 g/mol. The Hall–Kier alpha value is -2.15. The lowest BCUT2D eigenvalue weighted by molar-refractivity contribution is -0.139. The van der Waals surface area contributed by atoms with E-state index in [2.05, 4.69) is 5.32 Å². The van der Waals surface area contributed by atoms with Gasteiger partial charge in [-0.1, -0.05) is 6.07 Å². The number of methoxy groups -OCH3 is 1. The maximum absolute atomic E-state index is 13.5. The van der Waals surface area contributed by atoms with Crippen molar-refractivity contribution in [3.8, 4) is 0 Å². The quantitative estimate of drug-likeness (QED) is 0.681. The predicted octanol–water partition coefficient (Wildman–Crippen LogP) is 0.826. The molecule has 19 heavy (non-hydrogen) atoms. The molecule has 1 aromatic carbocycles. The zero-order valence-corrected chi connectivity index (χ0v) is 10.4. The van der Waals surface area contributed by atoms with Crippen molar-refractivity contribution in [1.29, 1.82) is 0 Å². The fourth-order valence-corrected chi connectivity index (χ4v) is 1.58. The third-order valence-corrected chi connectivity index (χ3v) is 2.52. The third kappa shape index (κ3) is 4.22. The number of carbonyl (C=O) groups excluding carboxylic acids is 1. The second-order valence-electron chi connectivity index (χ2n) is 3.86. The second-order valence-corrected chi connectivity index (χ2v) is 3.86. The molecule has 1 atom stereocenters. The number of amides is 1. The van der Waals surface area contributed by atoms with Gasteiger partial charge in [-0.2, -0.15) is 0 Å². The van der Waals surface area contributed by atoms with E-state index in [0.717, 1.165) is 6.07 Å². The Morgan fingerprint density at radius 1 is 1.53 bits per heavy atom. The standard InChI is InChI=1S/C12H15FN2O4/c1-19-7(5-10(16)17)6-15-9-4-2-3-8(13)11(9)12(14)18/h2-4,7,15H,5-6H2,1H3,(H2,14,18)(H,16,17). The van der Waals surface area contributed by atoms with Crippen LogP contribution in [-0.2, 0) is 9.53 Å². The highest BCUT2D eigenvalue weighted by Gasteiger charge is 2.16. The highest BCUT2D eigenvalue weighted by atomic mass is 19.1. The molecule has 1 rings (SSSR count). The Balaban J connectivity index is 2.79. The van der Waals surface area contributed by atoms with Crippen molar-refractivity contribution in [1.82, 2.24) is 0 Å². The average molecular weight is 270 g/mol. The van der Waals surface area contributed by atoms with Crippen LogP contribution in [0.15, 0.2) is 18.2 Å². The minimum Gasteiger partial charge on any atom is -0.481 e. The Bertz CT molecular complexity index is 479. The van der Waals surface area contributed by atoms with E-state index < -0.39 is 23.8 Å². The minimum atomic E-state index is -1.01. The molecule has 0 aromatic heterocycles. The normalized spacial score (nSPS) is 11.9. The van der Waals surface area contributed by atoms with Gasteiger partial charge >= 0.3 is 5.97 Å². The van der Waals surface area contributed by atoms with E-state index in [-0.39, 0.29) is 24.2 Å². The van der Waals surface area contributed by atoms with Crippen molar-refractivity contribution >= 4 is 17.6 Å². The van der Waals surface area contributed by atoms with E-state index in [1.54, 1.807) is 0 Å². The Morgan fingerprint density at radius 3 is 2.74 bits per heavy atom. The molecule has 0 bridgehead atoms. The van der Waals surface area contributed by atoms with Gasteiger partial charge in [-0.3, -0.25) is 9.59 Å². The summed E-state index contributed by atoms with van der Waals surface area (Å²) < 4.78 is 18.4. The van der Waals surface area contributed by atoms with Gasteiger partial charge in [0.25, 0.3) is 5.91 Å². The number of ether oxygens (including phenoxy) is 1. The van der Waals surface area contributed by atoms with Gasteiger partial charge in [-0.25, -0.2) is 4.39 Å². The van der Waals surface area contributed by atoms with Crippen LogP contribution < -0.4 is 11.1 Å². The summed E-state index contributed by atoms with van der Waals surface area (Å²) in [6, 6.07) is 4.02. The summed E-state index contributed by atoms with van der Waals surface area (Å²) in [5.74, 6) is -2.64. The van der Waals surface area contributed by atoms with Crippen molar-refractivity contribution in [3.05, 3.63) is 29.6 Å². The first kappa shape index (κ1) is 14.9. The summed E-state index contributed by atoms with van der Waals surface area (Å²) >= 11 is 0. The molecular weight excluding hydrogens is 255 g/mol. The number of hydrogen-bond donors (Lipinski definition) is 3. The number of carbonyl (C=O) groups is 2. The molecule has 1 amide bonds. The number of carboxylic acid groups (broad SMARTS) is 1. The molecule has 0 saturated heterocycles. The van der Waals surface area contributed by atoms with E-state index in [1.165, 1.54) is 19.2 Å². The van der Waals surface area contributed by atoms with Crippen LogP contribution in [0.1, 0.15) is 16.8 Å². The van der Waals surface area contributed by atoms with Crippen LogP contribution in [0.3, 0.4) is 0 Å². The average Bonchev–Trinajstić information content (AvgIpc) is 2.33. The van der Waals surface area contributed by atoms with E-state index >= 15 is 0 Å². The van der Waals surface area contributed by atoms with Crippen LogP contribution in [0.25, 0.3) is 0 Å². The molecular formula is C12H15FN2O4. The molecule has 1 unspecified atom stereocenters. The summed E-state index contributed by atoms with van der Waals surface area (Å²) in [7, 11) is 1.37. The number of halogens is 1. The lowest BCUT2D eigenvalue weighted by Crippen LogP contribution is -2.26. The van der Waals surface area contributed by atoms with Gasteiger partial charge in [0, 0.05) is 19.3 Å². The predicted molar refractivity (Wildman–Crippen MR) is 66.5 cm³/mol. The molecule has 4 N–H and O–H groups in total. The first-order valence-corrected chi connectivity index (χ1v) is 5.52. The topological polar surface area (TPSA) is 102 Å². The molecule has 0 aliphatic rings. The van der Waals surface area contributed by atoms with Crippen molar-refractivity contribution in [2.75, 3.05) is 19.0 Å². The molecule has 0 fully saturated rings. The van der Waals surface area contributed by atoms with Gasteiger partial charge < -0.3 is 20.9 Å². The molecule has 1 aromatic rings. The van der Waals surface area contributed by atoms with Gasteiger partial charge in [0.05, 0.1) is 18.1 Å². The highest BCUT2D eigenvalue weighted by molar-refractivity contribution is 5.98. The van der Waals surface area contributed by atoms with Crippen molar-refractivity contribution < 1.29 is 23.8 Å². The first-order chi connectivity index (χ1) is 8.95. The second kappa shape index (κ2) is 6.69. The van der Waals surface area contributed by atoms with E-state index in [1.807, 2.05) is 0 Å². The van der Waals surface area contributed by atoms with Gasteiger partial charge in [0.1, 0.15) is 5.82 Å². The summed E-state index contributed by atoms with van der Waals surface area (Å²) in [5, 5.41) is 11.4. The summed E-state index contributed by atoms with van der Waals surface area (Å²) in [4.78, 5) is 21.7. The van der Waals surface area contributed by atoms with Gasteiger partial charge in [0.15, 0.2) is 0 Å². The van der Waals surface area contributed by atoms with E-state index in [0.29, 0.717) is 0 Å². The lowest BCUT2D eigenvalue weighted by atomic mass is 10.1. The zero-order valence-electron chi connectivity index (χ0n) is 10.4. The number of primary amides is 1. The SMILES string of the molecule is COC(CNc1cccc(F)c1C(N)=O)CC(=O)O. The van der Waals surface area contributed by atoms with Crippen molar-refractivity contribution in [2.24, 2.45) is 5.73 Å². The van der Waals surface area contributed by atoms with Crippen LogP contribution in [-0.4, -0.2) is 36.7 Å². The molecule has 0 spiro atoms. The van der Waals surface area contributed by atoms with Crippen LogP contribution >= 0.6 is 0 Å². The van der Waals surface area contributed by atoms with Crippen LogP contribution in [0.2, 0.25) is 0 Å². The molecule has 6 nitrogen and oxygen atoms in total. The number of anilines is 1. The molecule has 0 heterocycles. The van der Waals surface area contributed by atoms with Gasteiger partial charge in [0.2, 0.25) is 0 Å². The van der Waals surface area contributed by atoms with Crippen molar-refractivity contribution in [3.63, 3.8) is 0 Å². The number of carboxylic acids is 1. The molecule has 0 radical (unpaired) electrons. The van der Waals surface area contributed by atoms with Crippen LogP contribution in [0, 0.1) is 5.82 Å². The number of nitrogens with two attached hydrogens (primary N) is 1. The van der Waals surface area contributed by atoms with Crippen LogP contribution in [0.4, 0.5) is 10.1 Å².